The number of rotatable bonds is 2. The Labute approximate surface area is 124 Å². The number of anilines is 1. The number of nitrogen functional groups attached to an aromatic ring is 1. The molecule has 0 saturated carbocycles. The van der Waals surface area contributed by atoms with Gasteiger partial charge in [-0.2, -0.15) is 0 Å². The summed E-state index contributed by atoms with van der Waals surface area (Å²) in [7, 11) is 0. The summed E-state index contributed by atoms with van der Waals surface area (Å²) in [5.41, 5.74) is 9.19. The lowest BCUT2D eigenvalue weighted by atomic mass is 10.1. The van der Waals surface area contributed by atoms with Gasteiger partial charge in [0.2, 0.25) is 0 Å². The summed E-state index contributed by atoms with van der Waals surface area (Å²) in [6.07, 6.45) is 0. The maximum atomic E-state index is 5.82. The molecule has 4 nitrogen and oxygen atoms in total. The second kappa shape index (κ2) is 4.81. The molecule has 3 rings (SSSR count). The number of hydrogen-bond acceptors (Lipinski definition) is 3. The van der Waals surface area contributed by atoms with Crippen molar-refractivity contribution >= 4 is 16.7 Å². The van der Waals surface area contributed by atoms with Crippen LogP contribution in [0.25, 0.3) is 22.4 Å². The number of ether oxygens (including phenoxy) is 1. The number of aromatic nitrogens is 2. The zero-order chi connectivity index (χ0) is 15.0. The molecular weight excluding hydrogens is 262 g/mol. The molecule has 0 saturated heterocycles. The van der Waals surface area contributed by atoms with Gasteiger partial charge in [0, 0.05) is 11.3 Å². The van der Waals surface area contributed by atoms with Gasteiger partial charge >= 0.3 is 0 Å². The van der Waals surface area contributed by atoms with E-state index < -0.39 is 0 Å². The van der Waals surface area contributed by atoms with Crippen molar-refractivity contribution in [2.24, 2.45) is 0 Å². The molecule has 3 N–H and O–H groups in total. The van der Waals surface area contributed by atoms with Crippen LogP contribution in [0.1, 0.15) is 20.8 Å². The fraction of sp³-hybridized carbons (Fsp3) is 0.235. The second-order valence-electron chi connectivity index (χ2n) is 6.10. The van der Waals surface area contributed by atoms with Crippen LogP contribution in [0.4, 0.5) is 5.69 Å². The molecule has 0 aliphatic carbocycles. The Kier molecular flexibility index (Phi) is 3.09. The van der Waals surface area contributed by atoms with Crippen molar-refractivity contribution < 1.29 is 4.74 Å². The quantitative estimate of drug-likeness (QED) is 0.698. The van der Waals surface area contributed by atoms with Crippen molar-refractivity contribution in [3.63, 3.8) is 0 Å². The molecule has 0 fully saturated rings. The van der Waals surface area contributed by atoms with Gasteiger partial charge in [-0.05, 0) is 63.2 Å². The number of imidazole rings is 1. The summed E-state index contributed by atoms with van der Waals surface area (Å²) in [4.78, 5) is 7.86. The van der Waals surface area contributed by atoms with Crippen LogP contribution in [0.3, 0.4) is 0 Å². The minimum Gasteiger partial charge on any atom is -0.488 e. The van der Waals surface area contributed by atoms with Crippen LogP contribution in [-0.2, 0) is 0 Å². The Morgan fingerprint density at radius 3 is 2.43 bits per heavy atom. The third kappa shape index (κ3) is 2.99. The second-order valence-corrected chi connectivity index (χ2v) is 6.10. The van der Waals surface area contributed by atoms with E-state index in [0.29, 0.717) is 0 Å². The first-order valence-corrected chi connectivity index (χ1v) is 6.95. The van der Waals surface area contributed by atoms with Crippen molar-refractivity contribution in [1.29, 1.82) is 0 Å². The highest BCUT2D eigenvalue weighted by atomic mass is 16.5. The first-order chi connectivity index (χ1) is 9.90. The topological polar surface area (TPSA) is 63.9 Å². The van der Waals surface area contributed by atoms with E-state index in [1.54, 1.807) is 0 Å². The van der Waals surface area contributed by atoms with E-state index in [2.05, 4.69) is 9.97 Å². The molecule has 0 amide bonds. The average Bonchev–Trinajstić information content (AvgIpc) is 2.80. The molecule has 0 aliphatic heterocycles. The predicted molar refractivity (Wildman–Crippen MR) is 86.3 cm³/mol. The van der Waals surface area contributed by atoms with Crippen LogP contribution in [0.2, 0.25) is 0 Å². The Bertz CT molecular complexity index is 767. The third-order valence-corrected chi connectivity index (χ3v) is 3.06. The van der Waals surface area contributed by atoms with E-state index in [1.165, 1.54) is 0 Å². The van der Waals surface area contributed by atoms with Crippen LogP contribution in [0, 0.1) is 0 Å². The van der Waals surface area contributed by atoms with Crippen LogP contribution in [0.15, 0.2) is 42.5 Å². The number of nitrogens with two attached hydrogens (primary N) is 1. The molecule has 0 unspecified atom stereocenters. The van der Waals surface area contributed by atoms with Gasteiger partial charge in [-0.25, -0.2) is 4.98 Å². The molecule has 0 atom stereocenters. The lowest BCUT2D eigenvalue weighted by molar-refractivity contribution is 0.131. The summed E-state index contributed by atoms with van der Waals surface area (Å²) in [6.45, 7) is 6.10. The third-order valence-electron chi connectivity index (χ3n) is 3.06. The van der Waals surface area contributed by atoms with Gasteiger partial charge in [0.05, 0.1) is 11.0 Å². The summed E-state index contributed by atoms with van der Waals surface area (Å²) >= 11 is 0. The number of hydrogen-bond donors (Lipinski definition) is 2. The van der Waals surface area contributed by atoms with Crippen molar-refractivity contribution in [3.05, 3.63) is 42.5 Å². The molecular formula is C17H19N3O. The Morgan fingerprint density at radius 2 is 1.76 bits per heavy atom. The Balaban J connectivity index is 1.91. The normalized spacial score (nSPS) is 11.8. The average molecular weight is 281 g/mol. The standard InChI is InChI=1S/C17H19N3O/c1-17(2,3)21-13-7-4-11(5-8-13)16-19-14-9-6-12(18)10-15(14)20-16/h4-10H,18H2,1-3H3,(H,19,20). The van der Waals surface area contributed by atoms with Crippen LogP contribution in [-0.4, -0.2) is 15.6 Å². The van der Waals surface area contributed by atoms with E-state index in [0.717, 1.165) is 33.9 Å². The van der Waals surface area contributed by atoms with Crippen LogP contribution >= 0.6 is 0 Å². The van der Waals surface area contributed by atoms with Crippen LogP contribution in [0.5, 0.6) is 5.75 Å². The number of aromatic amines is 1. The molecule has 3 aromatic rings. The molecule has 0 spiro atoms. The van der Waals surface area contributed by atoms with Crippen molar-refractivity contribution in [3.8, 4) is 17.1 Å². The Hall–Kier alpha value is -2.49. The lowest BCUT2D eigenvalue weighted by Gasteiger charge is -2.21. The van der Waals surface area contributed by atoms with Crippen molar-refractivity contribution in [1.82, 2.24) is 9.97 Å². The maximum Gasteiger partial charge on any atom is 0.138 e. The zero-order valence-electron chi connectivity index (χ0n) is 12.5. The number of benzene rings is 2. The van der Waals surface area contributed by atoms with Gasteiger partial charge in [0.1, 0.15) is 17.2 Å². The van der Waals surface area contributed by atoms with E-state index >= 15 is 0 Å². The summed E-state index contributed by atoms with van der Waals surface area (Å²) in [5.74, 6) is 1.68. The first kappa shape index (κ1) is 13.5. The number of nitrogens with one attached hydrogen (secondary N) is 1. The molecule has 1 aromatic heterocycles. The van der Waals surface area contributed by atoms with Gasteiger partial charge in [-0.15, -0.1) is 0 Å². The molecule has 2 aromatic carbocycles. The largest absolute Gasteiger partial charge is 0.488 e. The monoisotopic (exact) mass is 281 g/mol. The minimum absolute atomic E-state index is 0.196. The van der Waals surface area contributed by atoms with E-state index in [4.69, 9.17) is 10.5 Å². The minimum atomic E-state index is -0.196. The highest BCUT2D eigenvalue weighted by Crippen LogP contribution is 2.25. The molecule has 0 radical (unpaired) electrons. The van der Waals surface area contributed by atoms with Gasteiger partial charge in [0.25, 0.3) is 0 Å². The Morgan fingerprint density at radius 1 is 1.05 bits per heavy atom. The fourth-order valence-electron chi connectivity index (χ4n) is 2.20. The van der Waals surface area contributed by atoms with Crippen LogP contribution < -0.4 is 10.5 Å². The SMILES string of the molecule is CC(C)(C)Oc1ccc(-c2nc3ccc(N)cc3[nH]2)cc1. The molecule has 21 heavy (non-hydrogen) atoms. The highest BCUT2D eigenvalue weighted by molar-refractivity contribution is 5.82. The van der Waals surface area contributed by atoms with Gasteiger partial charge < -0.3 is 15.5 Å². The van der Waals surface area contributed by atoms with Crippen molar-refractivity contribution in [2.75, 3.05) is 5.73 Å². The zero-order valence-corrected chi connectivity index (χ0v) is 12.5. The van der Waals surface area contributed by atoms with Gasteiger partial charge in [-0.3, -0.25) is 0 Å². The number of H-pyrrole nitrogens is 1. The van der Waals surface area contributed by atoms with E-state index in [1.807, 2.05) is 63.2 Å². The lowest BCUT2D eigenvalue weighted by Crippen LogP contribution is -2.22. The molecule has 0 bridgehead atoms. The maximum absolute atomic E-state index is 5.82. The summed E-state index contributed by atoms with van der Waals surface area (Å²) in [5, 5.41) is 0. The molecule has 4 heteroatoms. The summed E-state index contributed by atoms with van der Waals surface area (Å²) < 4.78 is 5.82. The van der Waals surface area contributed by atoms with E-state index in [9.17, 15) is 0 Å². The highest BCUT2D eigenvalue weighted by Gasteiger charge is 2.12. The predicted octanol–water partition coefficient (Wildman–Crippen LogP) is 3.99. The first-order valence-electron chi connectivity index (χ1n) is 6.95. The fourth-order valence-corrected chi connectivity index (χ4v) is 2.20. The number of fused-ring (bicyclic) bond motifs is 1. The van der Waals surface area contributed by atoms with E-state index in [-0.39, 0.29) is 5.60 Å². The molecule has 1 heterocycles. The molecule has 0 aliphatic rings. The van der Waals surface area contributed by atoms with Gasteiger partial charge in [0.15, 0.2) is 0 Å². The number of nitrogens with zero attached hydrogens (tertiary/aromatic N) is 1. The molecule has 108 valence electrons. The summed E-state index contributed by atoms with van der Waals surface area (Å²) in [6, 6.07) is 13.6. The smallest absolute Gasteiger partial charge is 0.138 e. The van der Waals surface area contributed by atoms with Crippen molar-refractivity contribution in [2.45, 2.75) is 26.4 Å². The van der Waals surface area contributed by atoms with Gasteiger partial charge in [-0.1, -0.05) is 0 Å².